The number of carbonyl (C=O) groups excluding carboxylic acids is 2. The molecule has 1 aliphatic heterocycles. The lowest BCUT2D eigenvalue weighted by Gasteiger charge is -2.53. The van der Waals surface area contributed by atoms with E-state index in [1.807, 2.05) is 36.4 Å². The van der Waals surface area contributed by atoms with E-state index in [1.165, 1.54) is 41.3 Å². The minimum atomic E-state index is -0.677. The van der Waals surface area contributed by atoms with Crippen LogP contribution in [0.5, 0.6) is 0 Å². The van der Waals surface area contributed by atoms with Gasteiger partial charge in [0.2, 0.25) is 5.13 Å². The van der Waals surface area contributed by atoms with Gasteiger partial charge < -0.3 is 10.1 Å². The van der Waals surface area contributed by atoms with Gasteiger partial charge in [-0.3, -0.25) is 9.59 Å². The minimum absolute atomic E-state index is 0.0839. The number of carbonyl (C=O) groups is 2. The first-order valence-corrected chi connectivity index (χ1v) is 15.4. The monoisotopic (exact) mass is 571 g/mol. The second kappa shape index (κ2) is 10.00. The summed E-state index contributed by atoms with van der Waals surface area (Å²) in [5.74, 6) is -0.0465. The standard InChI is InChI=1S/C32H33N3O3S2/c1-18(2)20-12-13-22-21(17-20)24-25(26-31(22,3)14-9-15-32(26,4)28(37)38-5)40-29(33-24)35-30-34-27(36)23(39-30)16-19-10-7-6-8-11-19/h6-8,10-13,16-18,26H,9,14-15H2,1-5H3,(H,33,34,35,36)/b23-16-/t26?,31-,32-/m1/s1. The molecular weight excluding hydrogens is 539 g/mol. The van der Waals surface area contributed by atoms with Gasteiger partial charge in [0.1, 0.15) is 0 Å². The maximum absolute atomic E-state index is 13.3. The van der Waals surface area contributed by atoms with Crippen LogP contribution in [0.25, 0.3) is 17.3 Å². The molecule has 40 heavy (non-hydrogen) atoms. The third kappa shape index (κ3) is 4.32. The Hall–Kier alpha value is -3.23. The van der Waals surface area contributed by atoms with E-state index in [-0.39, 0.29) is 23.2 Å². The van der Waals surface area contributed by atoms with Gasteiger partial charge in [-0.25, -0.2) is 4.98 Å². The molecule has 2 heterocycles. The Labute approximate surface area is 243 Å². The van der Waals surface area contributed by atoms with Crippen LogP contribution in [-0.4, -0.2) is 29.1 Å². The molecule has 3 aliphatic rings. The molecule has 1 saturated carbocycles. The van der Waals surface area contributed by atoms with Gasteiger partial charge in [0.05, 0.1) is 23.1 Å². The van der Waals surface area contributed by atoms with Gasteiger partial charge in [-0.15, -0.1) is 0 Å². The molecule has 2 aliphatic carbocycles. The van der Waals surface area contributed by atoms with Crippen LogP contribution in [0.15, 0.2) is 58.4 Å². The molecule has 3 atom stereocenters. The summed E-state index contributed by atoms with van der Waals surface area (Å²) in [7, 11) is 1.48. The third-order valence-corrected chi connectivity index (χ3v) is 10.7. The van der Waals surface area contributed by atoms with Gasteiger partial charge in [-0.2, -0.15) is 4.99 Å². The Morgan fingerprint density at radius 2 is 1.95 bits per heavy atom. The number of nitrogens with one attached hydrogen (secondary N) is 1. The first-order chi connectivity index (χ1) is 19.1. The number of fused-ring (bicyclic) bond motifs is 6. The average Bonchev–Trinajstić information content (AvgIpc) is 3.50. The van der Waals surface area contributed by atoms with Crippen molar-refractivity contribution in [2.45, 2.75) is 64.2 Å². The number of benzene rings is 2. The number of amidine groups is 1. The van der Waals surface area contributed by atoms with Gasteiger partial charge >= 0.3 is 5.97 Å². The zero-order valence-electron chi connectivity index (χ0n) is 23.4. The molecule has 1 unspecified atom stereocenters. The predicted molar refractivity (Wildman–Crippen MR) is 163 cm³/mol. The number of amides is 1. The summed E-state index contributed by atoms with van der Waals surface area (Å²) in [6.07, 6.45) is 4.57. The number of methoxy groups -OCH3 is 1. The van der Waals surface area contributed by atoms with Gasteiger partial charge in [-0.1, -0.05) is 81.0 Å². The third-order valence-electron chi connectivity index (χ3n) is 8.75. The van der Waals surface area contributed by atoms with Crippen LogP contribution in [0.1, 0.15) is 80.4 Å². The van der Waals surface area contributed by atoms with E-state index in [1.54, 1.807) is 0 Å². The quantitative estimate of drug-likeness (QED) is 0.258. The second-order valence-electron chi connectivity index (χ2n) is 11.7. The van der Waals surface area contributed by atoms with Crippen LogP contribution in [0, 0.1) is 5.41 Å². The normalized spacial score (nSPS) is 27.4. The summed E-state index contributed by atoms with van der Waals surface area (Å²) in [6, 6.07) is 16.5. The molecule has 1 N–H and O–H groups in total. The van der Waals surface area contributed by atoms with E-state index in [4.69, 9.17) is 14.7 Å². The van der Waals surface area contributed by atoms with Crippen molar-refractivity contribution in [2.24, 2.45) is 10.4 Å². The van der Waals surface area contributed by atoms with Crippen LogP contribution in [0.3, 0.4) is 0 Å². The first-order valence-electron chi connectivity index (χ1n) is 13.7. The number of aliphatic imine (C=N–C) groups is 1. The van der Waals surface area contributed by atoms with E-state index in [0.29, 0.717) is 21.1 Å². The van der Waals surface area contributed by atoms with E-state index in [9.17, 15) is 9.59 Å². The summed E-state index contributed by atoms with van der Waals surface area (Å²) in [5, 5.41) is 3.99. The molecule has 8 heteroatoms. The average molecular weight is 572 g/mol. The lowest BCUT2D eigenvalue weighted by molar-refractivity contribution is -0.157. The zero-order chi connectivity index (χ0) is 28.2. The Balaban J connectivity index is 1.47. The highest BCUT2D eigenvalue weighted by Gasteiger charge is 2.58. The number of thiazole rings is 1. The molecule has 206 valence electrons. The molecule has 2 fully saturated rings. The van der Waals surface area contributed by atoms with Crippen molar-refractivity contribution < 1.29 is 14.3 Å². The molecule has 6 nitrogen and oxygen atoms in total. The molecule has 3 aromatic rings. The Bertz CT molecular complexity index is 1580. The lowest BCUT2D eigenvalue weighted by atomic mass is 9.50. The zero-order valence-corrected chi connectivity index (χ0v) is 25.0. The van der Waals surface area contributed by atoms with Crippen molar-refractivity contribution in [3.05, 3.63) is 75.0 Å². The number of aromatic nitrogens is 1. The number of esters is 1. The maximum Gasteiger partial charge on any atom is 0.312 e. The lowest BCUT2D eigenvalue weighted by Crippen LogP contribution is -2.50. The molecule has 1 saturated heterocycles. The van der Waals surface area contributed by atoms with Crippen molar-refractivity contribution in [1.29, 1.82) is 0 Å². The van der Waals surface area contributed by atoms with Crippen LogP contribution >= 0.6 is 23.1 Å². The number of hydrogen-bond donors (Lipinski definition) is 1. The maximum atomic E-state index is 13.3. The van der Waals surface area contributed by atoms with Crippen LogP contribution in [0.2, 0.25) is 0 Å². The highest BCUT2D eigenvalue weighted by molar-refractivity contribution is 8.18. The fourth-order valence-corrected chi connectivity index (χ4v) is 9.02. The van der Waals surface area contributed by atoms with Crippen molar-refractivity contribution in [3.8, 4) is 11.3 Å². The second-order valence-corrected chi connectivity index (χ2v) is 13.7. The molecule has 1 amide bonds. The molecule has 1 aromatic heterocycles. The van der Waals surface area contributed by atoms with Gasteiger partial charge in [0, 0.05) is 21.8 Å². The van der Waals surface area contributed by atoms with Crippen molar-refractivity contribution in [1.82, 2.24) is 10.3 Å². The summed E-state index contributed by atoms with van der Waals surface area (Å²) in [4.78, 5) is 37.6. The number of thioether (sulfide) groups is 1. The van der Waals surface area contributed by atoms with Crippen molar-refractivity contribution in [2.75, 3.05) is 7.11 Å². The predicted octanol–water partition coefficient (Wildman–Crippen LogP) is 7.54. The Kier molecular flexibility index (Phi) is 6.74. The fraction of sp³-hybridized carbons (Fsp3) is 0.375. The summed E-state index contributed by atoms with van der Waals surface area (Å²) in [5.41, 5.74) is 4.57. The molecule has 0 bridgehead atoms. The van der Waals surface area contributed by atoms with E-state index < -0.39 is 5.41 Å². The van der Waals surface area contributed by atoms with Crippen molar-refractivity contribution >= 4 is 51.4 Å². The summed E-state index contributed by atoms with van der Waals surface area (Å²) < 4.78 is 5.39. The van der Waals surface area contributed by atoms with Gasteiger partial charge in [0.25, 0.3) is 5.91 Å². The van der Waals surface area contributed by atoms with Gasteiger partial charge in [-0.05, 0) is 66.3 Å². The summed E-state index contributed by atoms with van der Waals surface area (Å²) in [6.45, 7) is 8.75. The van der Waals surface area contributed by atoms with Gasteiger partial charge in [0.15, 0.2) is 5.17 Å². The van der Waals surface area contributed by atoms with E-state index in [0.717, 1.165) is 41.0 Å². The molecule has 6 rings (SSSR count). The van der Waals surface area contributed by atoms with E-state index in [2.05, 4.69) is 51.2 Å². The number of ether oxygens (including phenoxy) is 1. The number of nitrogens with zero attached hydrogens (tertiary/aromatic N) is 2. The van der Waals surface area contributed by atoms with E-state index >= 15 is 0 Å². The molecule has 0 radical (unpaired) electrons. The fourth-order valence-electron chi connectivity index (χ4n) is 6.78. The largest absolute Gasteiger partial charge is 0.469 e. The SMILES string of the molecule is COC(=O)[C@]1(C)CCC[C@]2(C)c3ccc(C(C)C)cc3-c3nc(/N=C4\NC(=O)/C(=C/c5ccccc5)S4)sc3C12. The highest BCUT2D eigenvalue weighted by atomic mass is 32.2. The topological polar surface area (TPSA) is 80.7 Å². The summed E-state index contributed by atoms with van der Waals surface area (Å²) >= 11 is 2.85. The smallest absolute Gasteiger partial charge is 0.312 e. The molecular formula is C32H33N3O3S2. The highest BCUT2D eigenvalue weighted by Crippen LogP contribution is 2.65. The Morgan fingerprint density at radius 3 is 2.67 bits per heavy atom. The first kappa shape index (κ1) is 27.0. The Morgan fingerprint density at radius 1 is 1.18 bits per heavy atom. The minimum Gasteiger partial charge on any atom is -0.469 e. The van der Waals surface area contributed by atoms with Crippen molar-refractivity contribution in [3.63, 3.8) is 0 Å². The number of rotatable bonds is 4. The number of hydrogen-bond acceptors (Lipinski definition) is 7. The molecule has 2 aromatic carbocycles. The van der Waals surface area contributed by atoms with Crippen LogP contribution in [0.4, 0.5) is 5.13 Å². The van der Waals surface area contributed by atoms with Crippen LogP contribution < -0.4 is 5.32 Å². The molecule has 0 spiro atoms. The van der Waals surface area contributed by atoms with Crippen LogP contribution in [-0.2, 0) is 19.7 Å².